The second kappa shape index (κ2) is 11.2. The molecule has 0 aliphatic rings. The van der Waals surface area contributed by atoms with Crippen LogP contribution in [0.5, 0.6) is 5.75 Å². The standard InChI is InChI=1S/C25H22ClN3O6S2/c1-3-35-23(30)15-29-21-13-6-17(26)14-22(21)36-25(29)27-24(31)16-4-7-18(8-5-16)28-37(32,33)20-11-9-19(34-2)10-12-20/h4-14,28H,3,15H2,1-2H3. The number of anilines is 1. The van der Waals surface area contributed by atoms with E-state index in [0.717, 1.165) is 4.70 Å². The number of halogens is 1. The highest BCUT2D eigenvalue weighted by atomic mass is 35.5. The molecule has 1 heterocycles. The Morgan fingerprint density at radius 3 is 2.41 bits per heavy atom. The van der Waals surface area contributed by atoms with E-state index in [1.165, 1.54) is 54.8 Å². The van der Waals surface area contributed by atoms with E-state index in [4.69, 9.17) is 21.1 Å². The number of ether oxygens (including phenoxy) is 2. The Labute approximate surface area is 222 Å². The number of fused-ring (bicyclic) bond motifs is 1. The fourth-order valence-electron chi connectivity index (χ4n) is 3.42. The predicted molar refractivity (Wildman–Crippen MR) is 142 cm³/mol. The molecule has 0 aliphatic heterocycles. The molecule has 37 heavy (non-hydrogen) atoms. The number of hydrogen-bond donors (Lipinski definition) is 1. The molecule has 0 unspecified atom stereocenters. The van der Waals surface area contributed by atoms with Crippen LogP contribution in [0.3, 0.4) is 0 Å². The Balaban J connectivity index is 1.59. The van der Waals surface area contributed by atoms with Gasteiger partial charge in [0.2, 0.25) is 0 Å². The molecule has 1 amide bonds. The lowest BCUT2D eigenvalue weighted by atomic mass is 10.2. The first kappa shape index (κ1) is 26.4. The van der Waals surface area contributed by atoms with Gasteiger partial charge in [-0.05, 0) is 73.7 Å². The van der Waals surface area contributed by atoms with Crippen LogP contribution < -0.4 is 14.3 Å². The van der Waals surface area contributed by atoms with E-state index in [-0.39, 0.29) is 29.3 Å². The van der Waals surface area contributed by atoms with E-state index in [9.17, 15) is 18.0 Å². The largest absolute Gasteiger partial charge is 0.497 e. The Kier molecular flexibility index (Phi) is 7.96. The number of carbonyl (C=O) groups excluding carboxylic acids is 2. The fourth-order valence-corrected chi connectivity index (χ4v) is 5.78. The third-order valence-corrected chi connectivity index (χ3v) is 7.86. The summed E-state index contributed by atoms with van der Waals surface area (Å²) in [7, 11) is -2.34. The van der Waals surface area contributed by atoms with Crippen molar-refractivity contribution in [1.82, 2.24) is 4.57 Å². The van der Waals surface area contributed by atoms with Gasteiger partial charge in [0.1, 0.15) is 12.3 Å². The molecule has 1 N–H and O–H groups in total. The van der Waals surface area contributed by atoms with Crippen LogP contribution >= 0.6 is 22.9 Å². The Morgan fingerprint density at radius 1 is 1.05 bits per heavy atom. The van der Waals surface area contributed by atoms with Crippen molar-refractivity contribution in [2.75, 3.05) is 18.4 Å². The van der Waals surface area contributed by atoms with Gasteiger partial charge in [-0.25, -0.2) is 8.42 Å². The first-order valence-electron chi connectivity index (χ1n) is 11.0. The highest BCUT2D eigenvalue weighted by Crippen LogP contribution is 2.23. The lowest BCUT2D eigenvalue weighted by molar-refractivity contribution is -0.143. The number of hydrogen-bond acceptors (Lipinski definition) is 7. The Morgan fingerprint density at radius 2 is 1.76 bits per heavy atom. The zero-order valence-corrected chi connectivity index (χ0v) is 22.2. The fraction of sp³-hybridized carbons (Fsp3) is 0.160. The summed E-state index contributed by atoms with van der Waals surface area (Å²) in [6.07, 6.45) is 0. The average Bonchev–Trinajstić information content (AvgIpc) is 3.19. The molecule has 9 nitrogen and oxygen atoms in total. The molecule has 0 fully saturated rings. The highest BCUT2D eigenvalue weighted by molar-refractivity contribution is 7.92. The van der Waals surface area contributed by atoms with Crippen LogP contribution in [-0.2, 0) is 26.1 Å². The monoisotopic (exact) mass is 559 g/mol. The quantitative estimate of drug-likeness (QED) is 0.318. The number of thiazole rings is 1. The van der Waals surface area contributed by atoms with Crippen molar-refractivity contribution >= 4 is 60.7 Å². The number of benzene rings is 3. The zero-order valence-electron chi connectivity index (χ0n) is 19.8. The minimum atomic E-state index is -3.83. The Hall–Kier alpha value is -3.67. The van der Waals surface area contributed by atoms with Crippen molar-refractivity contribution in [3.05, 3.63) is 82.1 Å². The SMILES string of the molecule is CCOC(=O)Cn1c(=NC(=O)c2ccc(NS(=O)(=O)c3ccc(OC)cc3)cc2)sc2cc(Cl)ccc21. The van der Waals surface area contributed by atoms with Crippen molar-refractivity contribution in [3.63, 3.8) is 0 Å². The summed E-state index contributed by atoms with van der Waals surface area (Å²) in [5.74, 6) is -0.477. The van der Waals surface area contributed by atoms with Crippen molar-refractivity contribution in [1.29, 1.82) is 0 Å². The molecule has 0 radical (unpaired) electrons. The van der Waals surface area contributed by atoms with Crippen LogP contribution in [0.2, 0.25) is 5.02 Å². The van der Waals surface area contributed by atoms with Gasteiger partial charge in [-0.1, -0.05) is 22.9 Å². The molecule has 0 saturated heterocycles. The number of methoxy groups -OCH3 is 1. The van der Waals surface area contributed by atoms with Crippen molar-refractivity contribution in [3.8, 4) is 5.75 Å². The summed E-state index contributed by atoms with van der Waals surface area (Å²) >= 11 is 7.32. The number of rotatable bonds is 8. The van der Waals surface area contributed by atoms with Crippen LogP contribution in [0, 0.1) is 0 Å². The van der Waals surface area contributed by atoms with E-state index >= 15 is 0 Å². The predicted octanol–water partition coefficient (Wildman–Crippen LogP) is 4.47. The number of sulfonamides is 1. The molecule has 3 aromatic carbocycles. The third-order valence-electron chi connectivity index (χ3n) is 5.19. The summed E-state index contributed by atoms with van der Waals surface area (Å²) in [5.41, 5.74) is 1.21. The number of carbonyl (C=O) groups is 2. The molecule has 4 aromatic rings. The number of esters is 1. The van der Waals surface area contributed by atoms with Gasteiger partial charge >= 0.3 is 5.97 Å². The first-order chi connectivity index (χ1) is 17.7. The van der Waals surface area contributed by atoms with Crippen LogP contribution in [0.15, 0.2) is 76.6 Å². The number of nitrogens with one attached hydrogen (secondary N) is 1. The van der Waals surface area contributed by atoms with Gasteiger partial charge < -0.3 is 14.0 Å². The average molecular weight is 560 g/mol. The maximum absolute atomic E-state index is 12.9. The molecule has 0 atom stereocenters. The van der Waals surface area contributed by atoms with E-state index in [1.807, 2.05) is 0 Å². The minimum absolute atomic E-state index is 0.0690. The molecule has 12 heteroatoms. The van der Waals surface area contributed by atoms with Crippen molar-refractivity contribution in [2.45, 2.75) is 18.4 Å². The molecule has 0 spiro atoms. The van der Waals surface area contributed by atoms with Crippen LogP contribution in [0.25, 0.3) is 10.2 Å². The van der Waals surface area contributed by atoms with Gasteiger partial charge in [0, 0.05) is 16.3 Å². The maximum Gasteiger partial charge on any atom is 0.326 e. The van der Waals surface area contributed by atoms with E-state index < -0.39 is 21.9 Å². The number of nitrogens with zero attached hydrogens (tertiary/aromatic N) is 2. The summed E-state index contributed by atoms with van der Waals surface area (Å²) in [5, 5.41) is 0.516. The summed E-state index contributed by atoms with van der Waals surface area (Å²) in [4.78, 5) is 29.7. The smallest absolute Gasteiger partial charge is 0.326 e. The second-order valence-electron chi connectivity index (χ2n) is 7.66. The minimum Gasteiger partial charge on any atom is -0.497 e. The normalized spacial score (nSPS) is 11.9. The molecule has 4 rings (SSSR count). The van der Waals surface area contributed by atoms with Gasteiger partial charge in [0.25, 0.3) is 15.9 Å². The molecular weight excluding hydrogens is 538 g/mol. The van der Waals surface area contributed by atoms with Gasteiger partial charge in [-0.2, -0.15) is 4.99 Å². The lowest BCUT2D eigenvalue weighted by Gasteiger charge is -2.09. The summed E-state index contributed by atoms with van der Waals surface area (Å²) in [6, 6.07) is 17.0. The van der Waals surface area contributed by atoms with Gasteiger partial charge in [0.15, 0.2) is 4.80 Å². The molecule has 0 saturated carbocycles. The van der Waals surface area contributed by atoms with E-state index in [1.54, 1.807) is 41.8 Å². The molecule has 0 bridgehead atoms. The maximum atomic E-state index is 12.9. The third kappa shape index (κ3) is 6.19. The van der Waals surface area contributed by atoms with Crippen LogP contribution in [0.1, 0.15) is 17.3 Å². The Bertz CT molecular complexity index is 1630. The molecular formula is C25H22ClN3O6S2. The number of aromatic nitrogens is 1. The van der Waals surface area contributed by atoms with Crippen molar-refractivity contribution in [2.24, 2.45) is 4.99 Å². The first-order valence-corrected chi connectivity index (χ1v) is 13.7. The van der Waals surface area contributed by atoms with Crippen LogP contribution in [-0.4, -0.2) is 38.6 Å². The van der Waals surface area contributed by atoms with Gasteiger partial charge in [-0.3, -0.25) is 14.3 Å². The van der Waals surface area contributed by atoms with E-state index in [2.05, 4.69) is 9.71 Å². The van der Waals surface area contributed by atoms with Gasteiger partial charge in [-0.15, -0.1) is 0 Å². The van der Waals surface area contributed by atoms with Gasteiger partial charge in [0.05, 0.1) is 28.8 Å². The molecule has 192 valence electrons. The highest BCUT2D eigenvalue weighted by Gasteiger charge is 2.16. The number of amides is 1. The molecule has 0 aliphatic carbocycles. The summed E-state index contributed by atoms with van der Waals surface area (Å²) in [6.45, 7) is 1.82. The zero-order chi connectivity index (χ0) is 26.6. The second-order valence-corrected chi connectivity index (χ2v) is 10.8. The van der Waals surface area contributed by atoms with Crippen LogP contribution in [0.4, 0.5) is 5.69 Å². The van der Waals surface area contributed by atoms with E-state index in [0.29, 0.717) is 21.1 Å². The topological polar surface area (TPSA) is 116 Å². The lowest BCUT2D eigenvalue weighted by Crippen LogP contribution is -2.23. The molecule has 1 aromatic heterocycles. The summed E-state index contributed by atoms with van der Waals surface area (Å²) < 4.78 is 40.3. The van der Waals surface area contributed by atoms with Crippen molar-refractivity contribution < 1.29 is 27.5 Å².